The standard InChI is InChI=1S/C14H20ClNS/c1-14(2,3)17-13-8-11(15)5-4-10(13)9-16-12-6-7-12/h4-5,8,12,16H,6-7,9H2,1-3H3. The van der Waals surface area contributed by atoms with Gasteiger partial charge >= 0.3 is 0 Å². The van der Waals surface area contributed by atoms with Crippen LogP contribution in [0.5, 0.6) is 0 Å². The molecular weight excluding hydrogens is 250 g/mol. The van der Waals surface area contributed by atoms with E-state index in [4.69, 9.17) is 11.6 Å². The van der Waals surface area contributed by atoms with Crippen molar-refractivity contribution in [2.75, 3.05) is 0 Å². The van der Waals surface area contributed by atoms with Gasteiger partial charge in [0.1, 0.15) is 0 Å². The van der Waals surface area contributed by atoms with Crippen molar-refractivity contribution >= 4 is 23.4 Å². The van der Waals surface area contributed by atoms with Crippen molar-refractivity contribution in [2.24, 2.45) is 0 Å². The number of nitrogens with one attached hydrogen (secondary N) is 1. The predicted molar refractivity (Wildman–Crippen MR) is 76.9 cm³/mol. The first kappa shape index (κ1) is 13.3. The van der Waals surface area contributed by atoms with E-state index in [0.717, 1.165) is 17.6 Å². The molecule has 1 saturated carbocycles. The van der Waals surface area contributed by atoms with Crippen molar-refractivity contribution < 1.29 is 0 Å². The van der Waals surface area contributed by atoms with Gasteiger partial charge in [0.15, 0.2) is 0 Å². The topological polar surface area (TPSA) is 12.0 Å². The van der Waals surface area contributed by atoms with Gasteiger partial charge in [-0.2, -0.15) is 0 Å². The van der Waals surface area contributed by atoms with Crippen LogP contribution in [-0.2, 0) is 6.54 Å². The van der Waals surface area contributed by atoms with E-state index in [1.54, 1.807) is 0 Å². The highest BCUT2D eigenvalue weighted by atomic mass is 35.5. The fraction of sp³-hybridized carbons (Fsp3) is 0.571. The smallest absolute Gasteiger partial charge is 0.0417 e. The van der Waals surface area contributed by atoms with Gasteiger partial charge in [0.2, 0.25) is 0 Å². The van der Waals surface area contributed by atoms with Crippen molar-refractivity contribution in [3.8, 4) is 0 Å². The van der Waals surface area contributed by atoms with Gasteiger partial charge < -0.3 is 5.32 Å². The lowest BCUT2D eigenvalue weighted by Crippen LogP contribution is -2.16. The lowest BCUT2D eigenvalue weighted by atomic mass is 10.2. The Kier molecular flexibility index (Phi) is 4.06. The van der Waals surface area contributed by atoms with E-state index in [0.29, 0.717) is 0 Å². The summed E-state index contributed by atoms with van der Waals surface area (Å²) in [5.41, 5.74) is 1.36. The molecule has 1 fully saturated rings. The van der Waals surface area contributed by atoms with Gasteiger partial charge in [-0.3, -0.25) is 0 Å². The van der Waals surface area contributed by atoms with Crippen LogP contribution in [0.3, 0.4) is 0 Å². The Bertz CT molecular complexity index is 394. The molecule has 17 heavy (non-hydrogen) atoms. The molecular formula is C14H20ClNS. The van der Waals surface area contributed by atoms with E-state index in [9.17, 15) is 0 Å². The Morgan fingerprint density at radius 3 is 2.65 bits per heavy atom. The molecule has 0 aromatic heterocycles. The van der Waals surface area contributed by atoms with Gasteiger partial charge in [-0.1, -0.05) is 38.4 Å². The SMILES string of the molecule is CC(C)(C)Sc1cc(Cl)ccc1CNC1CC1. The number of rotatable bonds is 4. The van der Waals surface area contributed by atoms with Crippen LogP contribution in [0, 0.1) is 0 Å². The summed E-state index contributed by atoms with van der Waals surface area (Å²) >= 11 is 7.98. The summed E-state index contributed by atoms with van der Waals surface area (Å²) in [7, 11) is 0. The number of thioether (sulfide) groups is 1. The van der Waals surface area contributed by atoms with Gasteiger partial charge in [-0.15, -0.1) is 11.8 Å². The molecule has 0 saturated heterocycles. The molecule has 0 bridgehead atoms. The lowest BCUT2D eigenvalue weighted by molar-refractivity contribution is 0.679. The molecule has 0 heterocycles. The van der Waals surface area contributed by atoms with Crippen LogP contribution in [0.25, 0.3) is 0 Å². The fourth-order valence-corrected chi connectivity index (χ4v) is 2.99. The summed E-state index contributed by atoms with van der Waals surface area (Å²) in [4.78, 5) is 1.30. The van der Waals surface area contributed by atoms with Crippen LogP contribution in [0.4, 0.5) is 0 Å². The fourth-order valence-electron chi connectivity index (χ4n) is 1.64. The highest BCUT2D eigenvalue weighted by Gasteiger charge is 2.21. The van der Waals surface area contributed by atoms with Crippen LogP contribution in [-0.4, -0.2) is 10.8 Å². The first-order valence-electron chi connectivity index (χ1n) is 6.15. The molecule has 2 rings (SSSR count). The van der Waals surface area contributed by atoms with E-state index in [2.05, 4.69) is 38.2 Å². The molecule has 1 nitrogen and oxygen atoms in total. The third kappa shape index (κ3) is 4.53. The zero-order chi connectivity index (χ0) is 12.5. The molecule has 1 N–H and O–H groups in total. The van der Waals surface area contributed by atoms with Crippen LogP contribution >= 0.6 is 23.4 Å². The van der Waals surface area contributed by atoms with Gasteiger partial charge in [0, 0.05) is 27.3 Å². The van der Waals surface area contributed by atoms with E-state index in [1.165, 1.54) is 23.3 Å². The summed E-state index contributed by atoms with van der Waals surface area (Å²) in [6, 6.07) is 6.96. The second-order valence-corrected chi connectivity index (χ2v) is 7.93. The summed E-state index contributed by atoms with van der Waals surface area (Å²) in [5.74, 6) is 0. The highest BCUT2D eigenvalue weighted by Crippen LogP contribution is 2.36. The molecule has 0 spiro atoms. The van der Waals surface area contributed by atoms with Crippen molar-refractivity contribution in [1.82, 2.24) is 5.32 Å². The predicted octanol–water partition coefficient (Wildman–Crippen LogP) is 4.48. The van der Waals surface area contributed by atoms with Crippen LogP contribution in [0.1, 0.15) is 39.2 Å². The second kappa shape index (κ2) is 5.21. The third-order valence-corrected chi connectivity index (χ3v) is 4.05. The minimum atomic E-state index is 0.221. The quantitative estimate of drug-likeness (QED) is 0.809. The number of halogens is 1. The van der Waals surface area contributed by atoms with Gasteiger partial charge in [-0.25, -0.2) is 0 Å². The van der Waals surface area contributed by atoms with Gasteiger partial charge in [0.05, 0.1) is 0 Å². The summed E-state index contributed by atoms with van der Waals surface area (Å²) in [6.07, 6.45) is 2.66. The molecule has 1 aliphatic carbocycles. The Hall–Kier alpha value is -0.180. The Morgan fingerprint density at radius 2 is 2.06 bits per heavy atom. The maximum atomic E-state index is 6.09. The van der Waals surface area contributed by atoms with Gasteiger partial charge in [-0.05, 0) is 30.5 Å². The monoisotopic (exact) mass is 269 g/mol. The van der Waals surface area contributed by atoms with Crippen molar-refractivity contribution in [3.63, 3.8) is 0 Å². The molecule has 1 aromatic rings. The molecule has 0 atom stereocenters. The van der Waals surface area contributed by atoms with E-state index in [-0.39, 0.29) is 4.75 Å². The zero-order valence-electron chi connectivity index (χ0n) is 10.7. The maximum Gasteiger partial charge on any atom is 0.0417 e. The largest absolute Gasteiger partial charge is 0.310 e. The van der Waals surface area contributed by atoms with E-state index in [1.807, 2.05) is 17.8 Å². The lowest BCUT2D eigenvalue weighted by Gasteiger charge is -2.20. The van der Waals surface area contributed by atoms with Crippen LogP contribution in [0.15, 0.2) is 23.1 Å². The Balaban J connectivity index is 2.11. The zero-order valence-corrected chi connectivity index (χ0v) is 12.3. The number of benzene rings is 1. The molecule has 3 heteroatoms. The first-order chi connectivity index (χ1) is 7.94. The van der Waals surface area contributed by atoms with Crippen molar-refractivity contribution in [3.05, 3.63) is 28.8 Å². The van der Waals surface area contributed by atoms with Gasteiger partial charge in [0.25, 0.3) is 0 Å². The number of hydrogen-bond acceptors (Lipinski definition) is 2. The molecule has 1 aliphatic rings. The van der Waals surface area contributed by atoms with E-state index < -0.39 is 0 Å². The Morgan fingerprint density at radius 1 is 1.35 bits per heavy atom. The summed E-state index contributed by atoms with van der Waals surface area (Å²) in [5, 5.41) is 4.39. The first-order valence-corrected chi connectivity index (χ1v) is 7.34. The van der Waals surface area contributed by atoms with Crippen LogP contribution < -0.4 is 5.32 Å². The number of hydrogen-bond donors (Lipinski definition) is 1. The van der Waals surface area contributed by atoms with E-state index >= 15 is 0 Å². The van der Waals surface area contributed by atoms with Crippen LogP contribution in [0.2, 0.25) is 5.02 Å². The minimum absolute atomic E-state index is 0.221. The maximum absolute atomic E-state index is 6.09. The Labute approximate surface area is 113 Å². The van der Waals surface area contributed by atoms with Crippen molar-refractivity contribution in [2.45, 2.75) is 55.8 Å². The molecule has 1 aromatic carbocycles. The molecule has 0 amide bonds. The minimum Gasteiger partial charge on any atom is -0.310 e. The summed E-state index contributed by atoms with van der Waals surface area (Å²) < 4.78 is 0.221. The third-order valence-electron chi connectivity index (χ3n) is 2.60. The molecule has 0 aliphatic heterocycles. The second-order valence-electron chi connectivity index (χ2n) is 5.62. The highest BCUT2D eigenvalue weighted by molar-refractivity contribution is 8.00. The molecule has 0 radical (unpaired) electrons. The molecule has 94 valence electrons. The summed E-state index contributed by atoms with van der Waals surface area (Å²) in [6.45, 7) is 7.66. The molecule has 0 unspecified atom stereocenters. The van der Waals surface area contributed by atoms with Crippen molar-refractivity contribution in [1.29, 1.82) is 0 Å². The average molecular weight is 270 g/mol. The normalized spacial score (nSPS) is 16.2. The average Bonchev–Trinajstić information content (AvgIpc) is 2.97.